The van der Waals surface area contributed by atoms with Crippen molar-refractivity contribution in [2.45, 2.75) is 64.8 Å². The fourth-order valence-corrected chi connectivity index (χ4v) is 4.32. The van der Waals surface area contributed by atoms with Crippen molar-refractivity contribution in [1.29, 1.82) is 0 Å². The Morgan fingerprint density at radius 2 is 1.81 bits per heavy atom. The first-order valence-electron chi connectivity index (χ1n) is 9.94. The lowest BCUT2D eigenvalue weighted by Crippen LogP contribution is -2.56. The number of rotatable bonds is 3. The molecule has 0 aliphatic carbocycles. The van der Waals surface area contributed by atoms with Gasteiger partial charge < -0.3 is 10.0 Å². The Balaban J connectivity index is 1.66. The number of nitrogens with zero attached hydrogens (tertiary/aromatic N) is 3. The van der Waals surface area contributed by atoms with Crippen LogP contribution in [0.2, 0.25) is 5.02 Å². The third-order valence-corrected chi connectivity index (χ3v) is 6.23. The van der Waals surface area contributed by atoms with Crippen molar-refractivity contribution >= 4 is 17.3 Å². The first kappa shape index (κ1) is 19.9. The molecule has 2 aliphatic heterocycles. The van der Waals surface area contributed by atoms with Crippen LogP contribution in [0.3, 0.4) is 0 Å². The number of piperidine rings is 1. The third kappa shape index (κ3) is 4.72. The van der Waals surface area contributed by atoms with Crippen LogP contribution in [0.5, 0.6) is 0 Å². The predicted molar refractivity (Wildman–Crippen MR) is 110 cm³/mol. The molecule has 2 aliphatic rings. The van der Waals surface area contributed by atoms with E-state index in [4.69, 9.17) is 11.6 Å². The van der Waals surface area contributed by atoms with E-state index in [0.717, 1.165) is 62.8 Å². The highest BCUT2D eigenvalue weighted by atomic mass is 35.5. The summed E-state index contributed by atoms with van der Waals surface area (Å²) >= 11 is 6.48. The molecule has 3 rings (SSSR count). The highest BCUT2D eigenvalue weighted by Gasteiger charge is 2.30. The number of benzene rings is 1. The summed E-state index contributed by atoms with van der Waals surface area (Å²) in [6, 6.07) is 7.00. The van der Waals surface area contributed by atoms with Gasteiger partial charge in [0.1, 0.15) is 0 Å². The van der Waals surface area contributed by atoms with Gasteiger partial charge in [-0.15, -0.1) is 0 Å². The van der Waals surface area contributed by atoms with E-state index in [1.165, 1.54) is 5.56 Å². The van der Waals surface area contributed by atoms with E-state index in [-0.39, 0.29) is 11.6 Å². The van der Waals surface area contributed by atoms with Crippen molar-refractivity contribution < 1.29 is 5.11 Å². The van der Waals surface area contributed by atoms with Gasteiger partial charge in [-0.3, -0.25) is 9.80 Å². The van der Waals surface area contributed by atoms with Gasteiger partial charge in [-0.1, -0.05) is 17.7 Å². The molecular formula is C21H34ClN3O. The van der Waals surface area contributed by atoms with E-state index in [2.05, 4.69) is 54.5 Å². The minimum absolute atomic E-state index is 0.159. The normalized spacial score (nSPS) is 24.2. The van der Waals surface area contributed by atoms with Crippen LogP contribution in [0, 0.1) is 0 Å². The van der Waals surface area contributed by atoms with Crippen LogP contribution in [0.25, 0.3) is 0 Å². The molecule has 2 saturated heterocycles. The summed E-state index contributed by atoms with van der Waals surface area (Å²) in [6.07, 6.45) is 1.49. The second-order valence-corrected chi connectivity index (χ2v) is 9.35. The zero-order chi connectivity index (χ0) is 18.9. The lowest BCUT2D eigenvalue weighted by Gasteiger charge is -2.46. The number of piperazine rings is 1. The molecule has 146 valence electrons. The van der Waals surface area contributed by atoms with Crippen molar-refractivity contribution in [3.8, 4) is 0 Å². The summed E-state index contributed by atoms with van der Waals surface area (Å²) in [5.41, 5.74) is 2.69. The average Bonchev–Trinajstić information content (AvgIpc) is 2.58. The van der Waals surface area contributed by atoms with Gasteiger partial charge in [-0.2, -0.15) is 0 Å². The molecule has 0 radical (unpaired) electrons. The molecule has 2 heterocycles. The molecule has 0 bridgehead atoms. The molecule has 1 aromatic carbocycles. The third-order valence-electron chi connectivity index (χ3n) is 5.92. The standard InChI is InChI=1S/C21H34ClN3O/c1-16-14-25(21(2,3)4)12-11-24(16)15-17-5-6-19(22)20(13-17)23-9-7-18(26)8-10-23/h5-6,13,16,18,26H,7-12,14-15H2,1-4H3/t16-/m0/s1. The van der Waals surface area contributed by atoms with E-state index < -0.39 is 0 Å². The number of anilines is 1. The molecule has 0 saturated carbocycles. The maximum atomic E-state index is 9.75. The largest absolute Gasteiger partial charge is 0.393 e. The molecule has 1 aromatic rings. The van der Waals surface area contributed by atoms with Crippen molar-refractivity contribution in [3.63, 3.8) is 0 Å². The zero-order valence-corrected chi connectivity index (χ0v) is 17.5. The number of aliphatic hydroxyl groups is 1. The average molecular weight is 380 g/mol. The summed E-state index contributed by atoms with van der Waals surface area (Å²) in [7, 11) is 0. The molecule has 1 N–H and O–H groups in total. The number of aliphatic hydroxyl groups excluding tert-OH is 1. The van der Waals surface area contributed by atoms with Crippen LogP contribution < -0.4 is 4.90 Å². The fraction of sp³-hybridized carbons (Fsp3) is 0.714. The van der Waals surface area contributed by atoms with Crippen molar-refractivity contribution in [2.24, 2.45) is 0 Å². The van der Waals surface area contributed by atoms with Crippen molar-refractivity contribution in [1.82, 2.24) is 9.80 Å². The van der Waals surface area contributed by atoms with Crippen molar-refractivity contribution in [2.75, 3.05) is 37.6 Å². The molecule has 0 spiro atoms. The molecule has 0 unspecified atom stereocenters. The number of halogens is 1. The monoisotopic (exact) mass is 379 g/mol. The zero-order valence-electron chi connectivity index (χ0n) is 16.7. The van der Waals surface area contributed by atoms with Gasteiger partial charge in [0.15, 0.2) is 0 Å². The maximum absolute atomic E-state index is 9.75. The SMILES string of the molecule is C[C@H]1CN(C(C)(C)C)CCN1Cc1ccc(Cl)c(N2CCC(O)CC2)c1. The number of hydrogen-bond acceptors (Lipinski definition) is 4. The molecule has 5 heteroatoms. The Morgan fingerprint density at radius 1 is 1.12 bits per heavy atom. The Morgan fingerprint density at radius 3 is 2.42 bits per heavy atom. The lowest BCUT2D eigenvalue weighted by atomic mass is 10.0. The predicted octanol–water partition coefficient (Wildman–Crippen LogP) is 3.61. The molecule has 0 amide bonds. The Bertz CT molecular complexity index is 608. The molecule has 2 fully saturated rings. The molecular weight excluding hydrogens is 346 g/mol. The maximum Gasteiger partial charge on any atom is 0.0639 e. The fourth-order valence-electron chi connectivity index (χ4n) is 4.08. The van der Waals surface area contributed by atoms with Crippen LogP contribution in [-0.4, -0.2) is 65.3 Å². The summed E-state index contributed by atoms with van der Waals surface area (Å²) in [5.74, 6) is 0. The number of hydrogen-bond donors (Lipinski definition) is 1. The Hall–Kier alpha value is -0.810. The van der Waals surface area contributed by atoms with Crippen LogP contribution >= 0.6 is 11.6 Å². The first-order valence-corrected chi connectivity index (χ1v) is 10.3. The molecule has 26 heavy (non-hydrogen) atoms. The Labute approximate surface area is 163 Å². The highest BCUT2D eigenvalue weighted by Crippen LogP contribution is 2.30. The highest BCUT2D eigenvalue weighted by molar-refractivity contribution is 6.33. The van der Waals surface area contributed by atoms with Crippen LogP contribution in [0.15, 0.2) is 18.2 Å². The van der Waals surface area contributed by atoms with Gasteiger partial charge >= 0.3 is 0 Å². The second-order valence-electron chi connectivity index (χ2n) is 8.94. The topological polar surface area (TPSA) is 30.0 Å². The second kappa shape index (κ2) is 8.05. The van der Waals surface area contributed by atoms with Crippen LogP contribution in [0.1, 0.15) is 46.1 Å². The van der Waals surface area contributed by atoms with Gasteiger partial charge in [-0.05, 0) is 58.2 Å². The molecule has 4 nitrogen and oxygen atoms in total. The lowest BCUT2D eigenvalue weighted by molar-refractivity contribution is 0.0246. The smallest absolute Gasteiger partial charge is 0.0639 e. The van der Waals surface area contributed by atoms with E-state index in [1.807, 2.05) is 6.07 Å². The first-order chi connectivity index (χ1) is 12.2. The van der Waals surface area contributed by atoms with Gasteiger partial charge in [0.05, 0.1) is 16.8 Å². The summed E-state index contributed by atoms with van der Waals surface area (Å²) in [6.45, 7) is 15.3. The summed E-state index contributed by atoms with van der Waals surface area (Å²) < 4.78 is 0. The summed E-state index contributed by atoms with van der Waals surface area (Å²) in [4.78, 5) is 7.48. The van der Waals surface area contributed by atoms with Crippen LogP contribution in [-0.2, 0) is 6.54 Å². The Kier molecular flexibility index (Phi) is 6.18. The van der Waals surface area contributed by atoms with E-state index in [0.29, 0.717) is 6.04 Å². The van der Waals surface area contributed by atoms with E-state index >= 15 is 0 Å². The minimum atomic E-state index is -0.159. The summed E-state index contributed by atoms with van der Waals surface area (Å²) in [5, 5.41) is 10.6. The van der Waals surface area contributed by atoms with Gasteiger partial charge in [0.2, 0.25) is 0 Å². The van der Waals surface area contributed by atoms with Gasteiger partial charge in [0.25, 0.3) is 0 Å². The van der Waals surface area contributed by atoms with Gasteiger partial charge in [0, 0.05) is 50.8 Å². The van der Waals surface area contributed by atoms with E-state index in [9.17, 15) is 5.11 Å². The van der Waals surface area contributed by atoms with E-state index in [1.54, 1.807) is 0 Å². The minimum Gasteiger partial charge on any atom is -0.393 e. The van der Waals surface area contributed by atoms with Gasteiger partial charge in [-0.25, -0.2) is 0 Å². The molecule has 1 atom stereocenters. The van der Waals surface area contributed by atoms with Crippen molar-refractivity contribution in [3.05, 3.63) is 28.8 Å². The van der Waals surface area contributed by atoms with Crippen LogP contribution in [0.4, 0.5) is 5.69 Å². The molecule has 0 aromatic heterocycles. The quantitative estimate of drug-likeness (QED) is 0.868.